The lowest BCUT2D eigenvalue weighted by molar-refractivity contribution is 0.000999. The van der Waals surface area contributed by atoms with Crippen LogP contribution < -0.4 is 16.3 Å². The van der Waals surface area contributed by atoms with Gasteiger partial charge in [-0.15, -0.1) is 12.4 Å². The third-order valence-electron chi connectivity index (χ3n) is 2.08. The van der Waals surface area contributed by atoms with Gasteiger partial charge in [0.1, 0.15) is 0 Å². The Bertz CT molecular complexity index is 254. The third-order valence-corrected chi connectivity index (χ3v) is 2.08. The SMILES string of the molecule is CNN1C=C(C2=CCCNC2)ON1.Cl. The molecule has 2 aliphatic heterocycles. The lowest BCUT2D eigenvalue weighted by Crippen LogP contribution is -2.37. The average molecular weight is 219 g/mol. The van der Waals surface area contributed by atoms with Gasteiger partial charge in [0.15, 0.2) is 5.76 Å². The van der Waals surface area contributed by atoms with Gasteiger partial charge in [0.05, 0.1) is 6.20 Å². The van der Waals surface area contributed by atoms with Crippen molar-refractivity contribution in [2.45, 2.75) is 6.42 Å². The van der Waals surface area contributed by atoms with E-state index in [0.717, 1.165) is 25.3 Å². The summed E-state index contributed by atoms with van der Waals surface area (Å²) < 4.78 is 0. The van der Waals surface area contributed by atoms with Crippen LogP contribution in [-0.4, -0.2) is 25.3 Å². The van der Waals surface area contributed by atoms with E-state index in [1.54, 1.807) is 5.12 Å². The summed E-state index contributed by atoms with van der Waals surface area (Å²) in [5.41, 5.74) is 6.83. The molecule has 0 bridgehead atoms. The summed E-state index contributed by atoms with van der Waals surface area (Å²) in [6.07, 6.45) is 5.15. The van der Waals surface area contributed by atoms with Crippen molar-refractivity contribution < 1.29 is 4.84 Å². The van der Waals surface area contributed by atoms with Gasteiger partial charge >= 0.3 is 0 Å². The number of rotatable bonds is 2. The molecule has 14 heavy (non-hydrogen) atoms. The Morgan fingerprint density at radius 3 is 3.00 bits per heavy atom. The van der Waals surface area contributed by atoms with Crippen molar-refractivity contribution in [1.82, 2.24) is 21.4 Å². The van der Waals surface area contributed by atoms with Crippen molar-refractivity contribution in [3.63, 3.8) is 0 Å². The van der Waals surface area contributed by atoms with E-state index < -0.39 is 0 Å². The molecule has 0 saturated carbocycles. The molecule has 0 atom stereocenters. The van der Waals surface area contributed by atoms with E-state index in [1.807, 2.05) is 13.2 Å². The second-order valence-electron chi connectivity index (χ2n) is 2.98. The number of hydrogen-bond donors (Lipinski definition) is 3. The van der Waals surface area contributed by atoms with Crippen LogP contribution in [0.1, 0.15) is 6.42 Å². The number of halogens is 1. The first kappa shape index (κ1) is 11.3. The van der Waals surface area contributed by atoms with E-state index in [9.17, 15) is 0 Å². The van der Waals surface area contributed by atoms with Crippen molar-refractivity contribution in [3.05, 3.63) is 23.6 Å². The summed E-state index contributed by atoms with van der Waals surface area (Å²) in [5, 5.41) is 4.96. The van der Waals surface area contributed by atoms with Gasteiger partial charge in [-0.1, -0.05) is 11.7 Å². The van der Waals surface area contributed by atoms with Gasteiger partial charge in [0, 0.05) is 19.2 Å². The van der Waals surface area contributed by atoms with Crippen molar-refractivity contribution in [2.75, 3.05) is 20.1 Å². The zero-order chi connectivity index (χ0) is 9.10. The quantitative estimate of drug-likeness (QED) is 0.612. The second kappa shape index (κ2) is 5.21. The first-order valence-corrected chi connectivity index (χ1v) is 4.41. The predicted molar refractivity (Wildman–Crippen MR) is 56.0 cm³/mol. The first-order chi connectivity index (χ1) is 6.40. The second-order valence-corrected chi connectivity index (χ2v) is 2.98. The van der Waals surface area contributed by atoms with E-state index in [4.69, 9.17) is 4.84 Å². The van der Waals surface area contributed by atoms with Crippen molar-refractivity contribution >= 4 is 12.4 Å². The summed E-state index contributed by atoms with van der Waals surface area (Å²) in [4.78, 5) is 5.26. The van der Waals surface area contributed by atoms with Crippen LogP contribution in [0.4, 0.5) is 0 Å². The largest absolute Gasteiger partial charge is 0.386 e. The zero-order valence-electron chi connectivity index (χ0n) is 8.04. The van der Waals surface area contributed by atoms with Gasteiger partial charge in [-0.25, -0.2) is 10.5 Å². The number of hydrazine groups is 2. The fourth-order valence-corrected chi connectivity index (χ4v) is 1.36. The van der Waals surface area contributed by atoms with Gasteiger partial charge in [-0.2, -0.15) is 0 Å². The fraction of sp³-hybridized carbons (Fsp3) is 0.500. The molecule has 0 aliphatic carbocycles. The number of nitrogens with one attached hydrogen (secondary N) is 3. The maximum absolute atomic E-state index is 5.26. The Kier molecular flexibility index (Phi) is 4.21. The Labute approximate surface area is 89.5 Å². The number of hydrogen-bond acceptors (Lipinski definition) is 5. The predicted octanol–water partition coefficient (Wildman–Crippen LogP) is 0.0555. The van der Waals surface area contributed by atoms with Gasteiger partial charge in [-0.3, -0.25) is 0 Å². The number of nitrogens with zero attached hydrogens (tertiary/aromatic N) is 1. The molecule has 0 spiro atoms. The smallest absolute Gasteiger partial charge is 0.172 e. The van der Waals surface area contributed by atoms with Crippen LogP contribution in [0.2, 0.25) is 0 Å². The maximum atomic E-state index is 5.26. The molecule has 2 rings (SSSR count). The van der Waals surface area contributed by atoms with Gasteiger partial charge in [0.2, 0.25) is 0 Å². The molecule has 0 aromatic rings. The first-order valence-electron chi connectivity index (χ1n) is 4.41. The zero-order valence-corrected chi connectivity index (χ0v) is 8.86. The van der Waals surface area contributed by atoms with Crippen LogP contribution >= 0.6 is 12.4 Å². The van der Waals surface area contributed by atoms with Crippen LogP contribution in [-0.2, 0) is 4.84 Å². The molecule has 0 amide bonds. The van der Waals surface area contributed by atoms with Crippen molar-refractivity contribution in [3.8, 4) is 0 Å². The highest BCUT2D eigenvalue weighted by atomic mass is 35.5. The lowest BCUT2D eigenvalue weighted by Gasteiger charge is -2.13. The highest BCUT2D eigenvalue weighted by molar-refractivity contribution is 5.85. The molecule has 0 aromatic heterocycles. The molecule has 0 unspecified atom stereocenters. The van der Waals surface area contributed by atoms with Crippen molar-refractivity contribution in [2.24, 2.45) is 0 Å². The Balaban J connectivity index is 0.000000980. The van der Waals surface area contributed by atoms with Gasteiger partial charge in [0.25, 0.3) is 0 Å². The summed E-state index contributed by atoms with van der Waals surface area (Å²) >= 11 is 0. The molecule has 0 radical (unpaired) electrons. The summed E-state index contributed by atoms with van der Waals surface area (Å²) in [5.74, 6) is 0.876. The highest BCUT2D eigenvalue weighted by Gasteiger charge is 2.17. The van der Waals surface area contributed by atoms with Crippen LogP contribution in [0, 0.1) is 0 Å². The summed E-state index contributed by atoms with van der Waals surface area (Å²) in [6.45, 7) is 1.94. The molecule has 2 aliphatic rings. The topological polar surface area (TPSA) is 48.6 Å². The minimum atomic E-state index is 0. The van der Waals surface area contributed by atoms with Gasteiger partial charge < -0.3 is 10.2 Å². The van der Waals surface area contributed by atoms with E-state index in [-0.39, 0.29) is 12.4 Å². The molecule has 6 heteroatoms. The monoisotopic (exact) mass is 218 g/mol. The minimum absolute atomic E-state index is 0. The molecular weight excluding hydrogens is 204 g/mol. The Morgan fingerprint density at radius 1 is 1.57 bits per heavy atom. The highest BCUT2D eigenvalue weighted by Crippen LogP contribution is 2.16. The molecule has 5 nitrogen and oxygen atoms in total. The van der Waals surface area contributed by atoms with Gasteiger partial charge in [-0.05, 0) is 13.0 Å². The molecule has 2 heterocycles. The Hall–Kier alpha value is -0.750. The van der Waals surface area contributed by atoms with Crippen molar-refractivity contribution in [1.29, 1.82) is 0 Å². The molecule has 0 saturated heterocycles. The fourth-order valence-electron chi connectivity index (χ4n) is 1.36. The summed E-state index contributed by atoms with van der Waals surface area (Å²) in [6, 6.07) is 0. The lowest BCUT2D eigenvalue weighted by atomic mass is 10.1. The van der Waals surface area contributed by atoms with Crippen LogP contribution in [0.15, 0.2) is 23.6 Å². The van der Waals surface area contributed by atoms with E-state index >= 15 is 0 Å². The van der Waals surface area contributed by atoms with Crippen LogP contribution in [0.3, 0.4) is 0 Å². The molecule has 80 valence electrons. The summed E-state index contributed by atoms with van der Waals surface area (Å²) in [7, 11) is 1.82. The standard InChI is InChI=1S/C8H14N4O.ClH/c1-9-12-6-8(13-11-12)7-3-2-4-10-5-7;/h3,6,9-11H,2,4-5H2,1H3;1H. The van der Waals surface area contributed by atoms with E-state index in [0.29, 0.717) is 0 Å². The minimum Gasteiger partial charge on any atom is -0.386 e. The normalized spacial score (nSPS) is 20.8. The van der Waals surface area contributed by atoms with E-state index in [2.05, 4.69) is 22.4 Å². The Morgan fingerprint density at radius 2 is 2.43 bits per heavy atom. The maximum Gasteiger partial charge on any atom is 0.172 e. The van der Waals surface area contributed by atoms with Crippen LogP contribution in [0.5, 0.6) is 0 Å². The van der Waals surface area contributed by atoms with E-state index in [1.165, 1.54) is 5.57 Å². The molecule has 3 N–H and O–H groups in total. The third kappa shape index (κ3) is 2.39. The van der Waals surface area contributed by atoms with Crippen LogP contribution in [0.25, 0.3) is 0 Å². The average Bonchev–Trinajstić information content (AvgIpc) is 2.67. The molecular formula is C8H15ClN4O. The molecule has 0 fully saturated rings. The molecule has 0 aromatic carbocycles.